The first-order valence-corrected chi connectivity index (χ1v) is 15.7. The zero-order chi connectivity index (χ0) is 25.4. The second-order valence-corrected chi connectivity index (χ2v) is 12.7. The molecule has 0 fully saturated rings. The lowest BCUT2D eigenvalue weighted by atomic mass is 9.73. The quantitative estimate of drug-likeness (QED) is 0.170. The summed E-state index contributed by atoms with van der Waals surface area (Å²) in [6.07, 6.45) is 8.76. The minimum atomic E-state index is 0.109. The van der Waals surface area contributed by atoms with Gasteiger partial charge in [0.05, 0.1) is 4.88 Å². The molecule has 2 heterocycles. The molecule has 0 aliphatic heterocycles. The van der Waals surface area contributed by atoms with Gasteiger partial charge in [-0.2, -0.15) is 0 Å². The van der Waals surface area contributed by atoms with Gasteiger partial charge in [-0.05, 0) is 71.7 Å². The van der Waals surface area contributed by atoms with Gasteiger partial charge >= 0.3 is 0 Å². The van der Waals surface area contributed by atoms with E-state index < -0.39 is 0 Å². The third-order valence-corrected chi connectivity index (χ3v) is 11.1. The molecule has 0 saturated heterocycles. The summed E-state index contributed by atoms with van der Waals surface area (Å²) in [4.78, 5) is 5.78. The van der Waals surface area contributed by atoms with E-state index in [0.29, 0.717) is 0 Å². The van der Waals surface area contributed by atoms with Gasteiger partial charge < -0.3 is 0 Å². The summed E-state index contributed by atoms with van der Waals surface area (Å²) in [5, 5.41) is 2.78. The summed E-state index contributed by atoms with van der Waals surface area (Å²) in [6.45, 7) is 7.00. The van der Waals surface area contributed by atoms with Crippen molar-refractivity contribution in [1.29, 1.82) is 0 Å². The number of fused-ring (bicyclic) bond motifs is 4. The Labute approximate surface area is 230 Å². The first kappa shape index (κ1) is 24.6. The van der Waals surface area contributed by atoms with Crippen LogP contribution in [-0.4, -0.2) is 0 Å². The Morgan fingerprint density at radius 2 is 1.35 bits per heavy atom. The van der Waals surface area contributed by atoms with E-state index in [0.717, 1.165) is 12.8 Å². The van der Waals surface area contributed by atoms with Gasteiger partial charge in [0.2, 0.25) is 0 Å². The van der Waals surface area contributed by atoms with Gasteiger partial charge in [-0.1, -0.05) is 101 Å². The molecule has 0 spiro atoms. The molecule has 6 rings (SSSR count). The van der Waals surface area contributed by atoms with Crippen LogP contribution in [0.5, 0.6) is 0 Å². The van der Waals surface area contributed by atoms with Crippen molar-refractivity contribution in [3.63, 3.8) is 0 Å². The van der Waals surface area contributed by atoms with Crippen molar-refractivity contribution in [2.75, 3.05) is 0 Å². The topological polar surface area (TPSA) is 0 Å². The van der Waals surface area contributed by atoms with Crippen molar-refractivity contribution in [1.82, 2.24) is 0 Å². The molecule has 0 bridgehead atoms. The summed E-state index contributed by atoms with van der Waals surface area (Å²) in [5.74, 6) is 0. The fourth-order valence-electron chi connectivity index (χ4n) is 6.46. The minimum Gasteiger partial charge on any atom is -0.139 e. The highest BCUT2D eigenvalue weighted by atomic mass is 32.1. The maximum atomic E-state index is 2.53. The summed E-state index contributed by atoms with van der Waals surface area (Å²) in [7, 11) is 0. The maximum absolute atomic E-state index is 2.53. The van der Waals surface area contributed by atoms with Gasteiger partial charge in [-0.15, -0.1) is 22.7 Å². The molecule has 0 unspecified atom stereocenters. The Bertz CT molecular complexity index is 1540. The molecule has 0 radical (unpaired) electrons. The highest BCUT2D eigenvalue weighted by molar-refractivity contribution is 7.25. The van der Waals surface area contributed by atoms with Crippen LogP contribution < -0.4 is 0 Å². The van der Waals surface area contributed by atoms with Gasteiger partial charge in [-0.3, -0.25) is 0 Å². The van der Waals surface area contributed by atoms with Crippen LogP contribution in [-0.2, 0) is 11.8 Å². The van der Waals surface area contributed by atoms with Crippen molar-refractivity contribution in [3.05, 3.63) is 94.9 Å². The third-order valence-electron chi connectivity index (χ3n) is 8.52. The molecule has 188 valence electrons. The second-order valence-electron chi connectivity index (χ2n) is 10.5. The van der Waals surface area contributed by atoms with Crippen LogP contribution in [0.4, 0.5) is 0 Å². The van der Waals surface area contributed by atoms with Gasteiger partial charge in [0, 0.05) is 30.8 Å². The van der Waals surface area contributed by atoms with E-state index in [-0.39, 0.29) is 5.41 Å². The van der Waals surface area contributed by atoms with E-state index >= 15 is 0 Å². The molecule has 0 atom stereocenters. The Hall–Kier alpha value is -2.68. The number of aryl methyl sites for hydroxylation is 1. The normalized spacial score (nSPS) is 13.7. The first-order valence-electron chi connectivity index (χ1n) is 14.1. The predicted octanol–water partition coefficient (Wildman–Crippen LogP) is 11.5. The molecule has 2 heteroatoms. The van der Waals surface area contributed by atoms with E-state index in [4.69, 9.17) is 0 Å². The average Bonchev–Trinajstić information content (AvgIpc) is 3.64. The van der Waals surface area contributed by atoms with Crippen LogP contribution >= 0.6 is 22.7 Å². The number of hydrogen-bond donors (Lipinski definition) is 0. The lowest BCUT2D eigenvalue weighted by Crippen LogP contribution is -2.23. The second kappa shape index (κ2) is 10.2. The van der Waals surface area contributed by atoms with Crippen molar-refractivity contribution in [2.24, 2.45) is 0 Å². The third kappa shape index (κ3) is 4.10. The largest absolute Gasteiger partial charge is 0.139 e. The molecule has 5 aromatic rings. The lowest BCUT2D eigenvalue weighted by Gasteiger charge is -2.29. The SMILES string of the molecule is CCCCCCc1ccc(-c2sc(-c3ccc4c(c3)C(CC)(CC)c3ccccc3-4)c3ccccc23)s1. The zero-order valence-corrected chi connectivity index (χ0v) is 23.9. The monoisotopic (exact) mass is 520 g/mol. The average molecular weight is 521 g/mol. The number of benzene rings is 3. The molecule has 1 aliphatic carbocycles. The van der Waals surface area contributed by atoms with E-state index in [2.05, 4.69) is 99.6 Å². The van der Waals surface area contributed by atoms with E-state index in [1.807, 2.05) is 22.7 Å². The first-order chi connectivity index (χ1) is 18.2. The van der Waals surface area contributed by atoms with Crippen molar-refractivity contribution in [2.45, 2.75) is 71.1 Å². The molecule has 0 amide bonds. The van der Waals surface area contributed by atoms with E-state index in [1.165, 1.54) is 90.2 Å². The summed E-state index contributed by atoms with van der Waals surface area (Å²) >= 11 is 3.98. The smallest absolute Gasteiger partial charge is 0.0527 e. The fraction of sp³-hybridized carbons (Fsp3) is 0.314. The molecule has 2 aromatic heterocycles. The Morgan fingerprint density at radius 3 is 2.14 bits per heavy atom. The summed E-state index contributed by atoms with van der Waals surface area (Å²) in [6, 6.07) is 30.1. The Balaban J connectivity index is 1.43. The van der Waals surface area contributed by atoms with E-state index in [9.17, 15) is 0 Å². The van der Waals surface area contributed by atoms with Crippen LogP contribution in [0.3, 0.4) is 0 Å². The summed E-state index contributed by atoms with van der Waals surface area (Å²) < 4.78 is 0. The van der Waals surface area contributed by atoms with Gasteiger partial charge in [-0.25, -0.2) is 0 Å². The molecule has 3 aromatic carbocycles. The highest BCUT2D eigenvalue weighted by Crippen LogP contribution is 2.54. The number of thiophene rings is 2. The molecule has 0 saturated carbocycles. The molecule has 0 N–H and O–H groups in total. The molecule has 0 nitrogen and oxygen atoms in total. The van der Waals surface area contributed by atoms with Crippen LogP contribution in [0, 0.1) is 0 Å². The van der Waals surface area contributed by atoms with Gasteiger partial charge in [0.25, 0.3) is 0 Å². The minimum absolute atomic E-state index is 0.109. The number of hydrogen-bond acceptors (Lipinski definition) is 2. The van der Waals surface area contributed by atoms with Crippen molar-refractivity contribution >= 4 is 33.4 Å². The Kier molecular flexibility index (Phi) is 6.82. The van der Waals surface area contributed by atoms with Crippen LogP contribution in [0.1, 0.15) is 75.3 Å². The predicted molar refractivity (Wildman–Crippen MR) is 165 cm³/mol. The number of rotatable bonds is 9. The Morgan fingerprint density at radius 1 is 0.622 bits per heavy atom. The summed E-state index contributed by atoms with van der Waals surface area (Å²) in [5.41, 5.74) is 7.35. The lowest BCUT2D eigenvalue weighted by molar-refractivity contribution is 0.490. The zero-order valence-electron chi connectivity index (χ0n) is 22.3. The van der Waals surface area contributed by atoms with E-state index in [1.54, 1.807) is 0 Å². The van der Waals surface area contributed by atoms with Crippen LogP contribution in [0.2, 0.25) is 0 Å². The fourth-order valence-corrected chi connectivity index (χ4v) is 8.90. The number of unbranched alkanes of at least 4 members (excludes halogenated alkanes) is 3. The maximum Gasteiger partial charge on any atom is 0.0527 e. The molecule has 1 aliphatic rings. The van der Waals surface area contributed by atoms with Crippen LogP contribution in [0.25, 0.3) is 42.1 Å². The van der Waals surface area contributed by atoms with Gasteiger partial charge in [0.15, 0.2) is 0 Å². The molecular formula is C35H36S2. The molecule has 37 heavy (non-hydrogen) atoms. The highest BCUT2D eigenvalue weighted by Gasteiger charge is 2.40. The van der Waals surface area contributed by atoms with Crippen molar-refractivity contribution in [3.8, 4) is 31.3 Å². The van der Waals surface area contributed by atoms with Crippen LogP contribution in [0.15, 0.2) is 78.9 Å². The van der Waals surface area contributed by atoms with Gasteiger partial charge in [0.1, 0.15) is 0 Å². The molecular weight excluding hydrogens is 485 g/mol. The standard InChI is InChI=1S/C35H36S2/c1-4-7-8-9-14-25-20-22-32(36-25)34-29-17-11-10-16-28(29)33(37-34)24-19-21-27-26-15-12-13-18-30(26)35(5-2,6-3)31(27)23-24/h10-13,15-23H,4-9,14H2,1-3H3. The van der Waals surface area contributed by atoms with Crippen molar-refractivity contribution < 1.29 is 0 Å².